The fourth-order valence-electron chi connectivity index (χ4n) is 2.79. The molecule has 22 heavy (non-hydrogen) atoms. The van der Waals surface area contributed by atoms with E-state index >= 15 is 0 Å². The number of nitrogens with zero attached hydrogens (tertiary/aromatic N) is 3. The van der Waals surface area contributed by atoms with E-state index in [-0.39, 0.29) is 6.04 Å². The Morgan fingerprint density at radius 3 is 2.82 bits per heavy atom. The summed E-state index contributed by atoms with van der Waals surface area (Å²) >= 11 is 1.33. The molecule has 8 heteroatoms. The maximum absolute atomic E-state index is 12.8. The number of sulfonamides is 1. The molecule has 0 aromatic carbocycles. The summed E-state index contributed by atoms with van der Waals surface area (Å²) < 4.78 is 27.6. The number of piperazine rings is 1. The predicted molar refractivity (Wildman–Crippen MR) is 86.4 cm³/mol. The van der Waals surface area contributed by atoms with Gasteiger partial charge in [-0.2, -0.15) is 4.31 Å². The average molecular weight is 340 g/mol. The van der Waals surface area contributed by atoms with E-state index in [0.29, 0.717) is 23.8 Å². The largest absolute Gasteiger partial charge is 0.347 e. The van der Waals surface area contributed by atoms with Crippen molar-refractivity contribution in [3.63, 3.8) is 0 Å². The summed E-state index contributed by atoms with van der Waals surface area (Å²) in [6.07, 6.45) is 3.48. The second kappa shape index (κ2) is 6.11. The third-order valence-corrected chi connectivity index (χ3v) is 7.34. The van der Waals surface area contributed by atoms with Gasteiger partial charge in [0.05, 0.1) is 6.04 Å². The topological polar surface area (TPSA) is 69.3 Å². The number of nitrogens with one attached hydrogen (secondary N) is 1. The quantitative estimate of drug-likeness (QED) is 0.922. The van der Waals surface area contributed by atoms with Gasteiger partial charge in [-0.25, -0.2) is 13.4 Å². The number of hydrogen-bond acceptors (Lipinski definition) is 5. The van der Waals surface area contributed by atoms with E-state index in [2.05, 4.69) is 21.8 Å². The van der Waals surface area contributed by atoms with Crippen molar-refractivity contribution in [1.82, 2.24) is 19.2 Å². The third-order valence-electron chi connectivity index (χ3n) is 4.01. The Labute approximate surface area is 134 Å². The first-order chi connectivity index (χ1) is 10.5. The van der Waals surface area contributed by atoms with Crippen molar-refractivity contribution in [2.75, 3.05) is 26.2 Å². The lowest BCUT2D eigenvalue weighted by atomic mass is 10.2. The van der Waals surface area contributed by atoms with Crippen LogP contribution in [0.15, 0.2) is 28.7 Å². The molecule has 2 aromatic heterocycles. The van der Waals surface area contributed by atoms with Gasteiger partial charge in [-0.1, -0.05) is 6.92 Å². The molecule has 1 saturated heterocycles. The zero-order chi connectivity index (χ0) is 15.7. The highest BCUT2D eigenvalue weighted by molar-refractivity contribution is 7.91. The highest BCUT2D eigenvalue weighted by Crippen LogP contribution is 2.29. The summed E-state index contributed by atoms with van der Waals surface area (Å²) in [5, 5.41) is 0. The van der Waals surface area contributed by atoms with E-state index in [0.717, 1.165) is 17.2 Å². The predicted octanol–water partition coefficient (Wildman–Crippen LogP) is 1.85. The van der Waals surface area contributed by atoms with Gasteiger partial charge in [0, 0.05) is 36.9 Å². The van der Waals surface area contributed by atoms with Gasteiger partial charge < -0.3 is 4.98 Å². The number of likely N-dealkylation sites (N-methyl/N-ethyl adjacent to an activating group) is 1. The van der Waals surface area contributed by atoms with Crippen LogP contribution >= 0.6 is 11.3 Å². The summed E-state index contributed by atoms with van der Waals surface area (Å²) in [5.41, 5.74) is 0. The molecule has 6 nitrogen and oxygen atoms in total. The van der Waals surface area contributed by atoms with Crippen LogP contribution in [0.3, 0.4) is 0 Å². The number of aryl methyl sites for hydroxylation is 1. The second-order valence-corrected chi connectivity index (χ2v) is 8.80. The third kappa shape index (κ3) is 2.83. The number of rotatable bonds is 4. The molecule has 0 bridgehead atoms. The maximum atomic E-state index is 12.8. The highest BCUT2D eigenvalue weighted by atomic mass is 32.2. The monoisotopic (exact) mass is 340 g/mol. The SMILES string of the molecule is CCN1CCN(S(=O)(=O)c2ccc(C)s2)CC1c1ncc[nH]1. The van der Waals surface area contributed by atoms with E-state index in [9.17, 15) is 8.42 Å². The van der Waals surface area contributed by atoms with Crippen LogP contribution in [0, 0.1) is 6.92 Å². The van der Waals surface area contributed by atoms with Crippen LogP contribution in [0.25, 0.3) is 0 Å². The smallest absolute Gasteiger partial charge is 0.252 e. The summed E-state index contributed by atoms with van der Waals surface area (Å²) in [7, 11) is -3.41. The second-order valence-electron chi connectivity index (χ2n) is 5.35. The Hall–Kier alpha value is -1.22. The Kier molecular flexibility index (Phi) is 4.35. The molecular weight excluding hydrogens is 320 g/mol. The van der Waals surface area contributed by atoms with Gasteiger partial charge in [0.1, 0.15) is 10.0 Å². The molecule has 1 atom stereocenters. The van der Waals surface area contributed by atoms with Crippen LogP contribution in [-0.2, 0) is 10.0 Å². The molecule has 1 aliphatic heterocycles. The molecule has 0 saturated carbocycles. The van der Waals surface area contributed by atoms with Gasteiger partial charge in [0.15, 0.2) is 0 Å². The van der Waals surface area contributed by atoms with Crippen LogP contribution in [0.2, 0.25) is 0 Å². The molecule has 1 aliphatic rings. The molecule has 1 N–H and O–H groups in total. The van der Waals surface area contributed by atoms with Crippen LogP contribution in [-0.4, -0.2) is 53.8 Å². The van der Waals surface area contributed by atoms with Crippen molar-refractivity contribution in [3.05, 3.63) is 35.2 Å². The Morgan fingerprint density at radius 1 is 1.41 bits per heavy atom. The Balaban J connectivity index is 1.87. The molecular formula is C14H20N4O2S2. The first-order valence-corrected chi connectivity index (χ1v) is 9.58. The van der Waals surface area contributed by atoms with Crippen molar-refractivity contribution < 1.29 is 8.42 Å². The van der Waals surface area contributed by atoms with Gasteiger partial charge in [-0.05, 0) is 25.6 Å². The fraction of sp³-hybridized carbons (Fsp3) is 0.500. The van der Waals surface area contributed by atoms with E-state index < -0.39 is 10.0 Å². The minimum atomic E-state index is -3.41. The minimum Gasteiger partial charge on any atom is -0.347 e. The van der Waals surface area contributed by atoms with Gasteiger partial charge in [0.2, 0.25) is 0 Å². The number of thiophene rings is 1. The average Bonchev–Trinajstić information content (AvgIpc) is 3.18. The highest BCUT2D eigenvalue weighted by Gasteiger charge is 2.35. The van der Waals surface area contributed by atoms with Crippen LogP contribution < -0.4 is 0 Å². The van der Waals surface area contributed by atoms with E-state index in [1.165, 1.54) is 11.3 Å². The molecule has 1 fully saturated rings. The lowest BCUT2D eigenvalue weighted by Crippen LogP contribution is -2.50. The van der Waals surface area contributed by atoms with Gasteiger partial charge in [-0.15, -0.1) is 11.3 Å². The minimum absolute atomic E-state index is 0.0235. The molecule has 3 heterocycles. The zero-order valence-electron chi connectivity index (χ0n) is 12.7. The van der Waals surface area contributed by atoms with Crippen molar-refractivity contribution >= 4 is 21.4 Å². The maximum Gasteiger partial charge on any atom is 0.252 e. The van der Waals surface area contributed by atoms with Crippen LogP contribution in [0.4, 0.5) is 0 Å². The lowest BCUT2D eigenvalue weighted by Gasteiger charge is -2.39. The first kappa shape index (κ1) is 15.7. The first-order valence-electron chi connectivity index (χ1n) is 7.32. The van der Waals surface area contributed by atoms with Crippen molar-refractivity contribution in [1.29, 1.82) is 0 Å². The number of aromatic amines is 1. The van der Waals surface area contributed by atoms with Gasteiger partial charge >= 0.3 is 0 Å². The van der Waals surface area contributed by atoms with E-state index in [1.54, 1.807) is 22.8 Å². The summed E-state index contributed by atoms with van der Waals surface area (Å²) in [4.78, 5) is 10.7. The molecule has 0 amide bonds. The summed E-state index contributed by atoms with van der Waals surface area (Å²) in [6.45, 7) is 6.54. The Bertz CT molecular complexity index is 724. The van der Waals surface area contributed by atoms with E-state index in [4.69, 9.17) is 0 Å². The number of imidazole rings is 1. The van der Waals surface area contributed by atoms with Gasteiger partial charge in [0.25, 0.3) is 10.0 Å². The molecule has 0 aliphatic carbocycles. The number of hydrogen-bond donors (Lipinski definition) is 1. The molecule has 3 rings (SSSR count). The van der Waals surface area contributed by atoms with Crippen molar-refractivity contribution in [3.8, 4) is 0 Å². The van der Waals surface area contributed by atoms with Gasteiger partial charge in [-0.3, -0.25) is 4.90 Å². The van der Waals surface area contributed by atoms with Crippen LogP contribution in [0.5, 0.6) is 0 Å². The number of aromatic nitrogens is 2. The molecule has 0 spiro atoms. The normalized spacial score (nSPS) is 21.3. The van der Waals surface area contributed by atoms with E-state index in [1.807, 2.05) is 13.0 Å². The lowest BCUT2D eigenvalue weighted by molar-refractivity contribution is 0.119. The molecule has 1 unspecified atom stereocenters. The van der Waals surface area contributed by atoms with Crippen molar-refractivity contribution in [2.45, 2.75) is 24.1 Å². The summed E-state index contributed by atoms with van der Waals surface area (Å²) in [6, 6.07) is 3.53. The molecule has 120 valence electrons. The standard InChI is InChI=1S/C14H20N4O2S2/c1-3-17-8-9-18(10-12(17)14-15-6-7-16-14)22(19,20)13-5-4-11(2)21-13/h4-7,12H,3,8-10H2,1-2H3,(H,15,16). The summed E-state index contributed by atoms with van der Waals surface area (Å²) in [5.74, 6) is 0.823. The van der Waals surface area contributed by atoms with Crippen molar-refractivity contribution in [2.24, 2.45) is 0 Å². The van der Waals surface area contributed by atoms with Crippen LogP contribution in [0.1, 0.15) is 23.7 Å². The Morgan fingerprint density at radius 2 is 2.23 bits per heavy atom. The molecule has 0 radical (unpaired) electrons. The fourth-order valence-corrected chi connectivity index (χ4v) is 5.66. The number of H-pyrrole nitrogens is 1. The molecule has 2 aromatic rings. The zero-order valence-corrected chi connectivity index (χ0v) is 14.3.